The molecule has 0 aliphatic heterocycles. The summed E-state index contributed by atoms with van der Waals surface area (Å²) >= 11 is 6.09. The van der Waals surface area contributed by atoms with Crippen molar-refractivity contribution in [2.45, 2.75) is 18.9 Å². The molecule has 1 fully saturated rings. The largest absolute Gasteiger partial charge is 0.482 e. The molecule has 0 aromatic heterocycles. The number of hydrogen-bond acceptors (Lipinski definition) is 3. The summed E-state index contributed by atoms with van der Waals surface area (Å²) in [6.45, 7) is -0.00826. The van der Waals surface area contributed by atoms with Crippen molar-refractivity contribution < 1.29 is 23.8 Å². The van der Waals surface area contributed by atoms with Crippen molar-refractivity contribution in [3.05, 3.63) is 64.4 Å². The van der Waals surface area contributed by atoms with Crippen LogP contribution in [0.4, 0.5) is 4.39 Å². The summed E-state index contributed by atoms with van der Waals surface area (Å²) in [7, 11) is 1.70. The number of benzene rings is 2. The highest BCUT2D eigenvalue weighted by Gasteiger charge is 2.47. The average molecular weight is 392 g/mol. The molecule has 0 spiro atoms. The number of carbonyl (C=O) groups excluding carboxylic acids is 1. The summed E-state index contributed by atoms with van der Waals surface area (Å²) in [6, 6.07) is 11.4. The van der Waals surface area contributed by atoms with Crippen LogP contribution >= 0.6 is 11.6 Å². The minimum Gasteiger partial charge on any atom is -0.482 e. The van der Waals surface area contributed by atoms with Gasteiger partial charge < -0.3 is 14.7 Å². The summed E-state index contributed by atoms with van der Waals surface area (Å²) in [5.74, 6) is -1.46. The molecule has 1 amide bonds. The highest BCUT2D eigenvalue weighted by Crippen LogP contribution is 2.51. The SMILES string of the molecule is CN(Cc1ccc(OCC(=O)O)cc1)C(=O)[C@@H]1C[C@H]1c1c(F)cccc1Cl. The highest BCUT2D eigenvalue weighted by molar-refractivity contribution is 6.31. The van der Waals surface area contributed by atoms with Gasteiger partial charge in [0.25, 0.3) is 0 Å². The lowest BCUT2D eigenvalue weighted by Crippen LogP contribution is -2.28. The van der Waals surface area contributed by atoms with Crippen LogP contribution in [0.2, 0.25) is 5.02 Å². The fourth-order valence-electron chi connectivity index (χ4n) is 3.12. The molecule has 142 valence electrons. The molecule has 0 saturated heterocycles. The molecule has 7 heteroatoms. The fraction of sp³-hybridized carbons (Fsp3) is 0.300. The summed E-state index contributed by atoms with van der Waals surface area (Å²) in [5, 5.41) is 8.96. The van der Waals surface area contributed by atoms with Crippen molar-refractivity contribution in [2.24, 2.45) is 5.92 Å². The van der Waals surface area contributed by atoms with Crippen LogP contribution in [-0.2, 0) is 16.1 Å². The minimum atomic E-state index is -1.04. The molecular weight excluding hydrogens is 373 g/mol. The van der Waals surface area contributed by atoms with Crippen molar-refractivity contribution in [1.82, 2.24) is 4.90 Å². The minimum absolute atomic E-state index is 0.0504. The Morgan fingerprint density at radius 2 is 1.96 bits per heavy atom. The van der Waals surface area contributed by atoms with Crippen LogP contribution in [0.1, 0.15) is 23.5 Å². The van der Waals surface area contributed by atoms with Gasteiger partial charge in [-0.05, 0) is 36.2 Å². The van der Waals surface area contributed by atoms with E-state index in [9.17, 15) is 14.0 Å². The van der Waals surface area contributed by atoms with Gasteiger partial charge >= 0.3 is 5.97 Å². The zero-order chi connectivity index (χ0) is 19.6. The van der Waals surface area contributed by atoms with Crippen LogP contribution in [-0.4, -0.2) is 35.5 Å². The third-order valence-corrected chi connectivity index (χ3v) is 4.89. The van der Waals surface area contributed by atoms with Crippen molar-refractivity contribution in [1.29, 1.82) is 0 Å². The number of nitrogens with zero attached hydrogens (tertiary/aromatic N) is 1. The lowest BCUT2D eigenvalue weighted by Gasteiger charge is -2.18. The van der Waals surface area contributed by atoms with E-state index in [1.54, 1.807) is 48.3 Å². The maximum Gasteiger partial charge on any atom is 0.341 e. The standard InChI is InChI=1S/C20H19ClFNO4/c1-23(10-12-5-7-13(8-6-12)27-11-18(24)25)20(26)15-9-14(15)19-16(21)3-2-4-17(19)22/h2-8,14-15H,9-11H2,1H3,(H,24,25)/t14-,15-/m1/s1. The Balaban J connectivity index is 1.58. The van der Waals surface area contributed by atoms with E-state index < -0.39 is 12.6 Å². The van der Waals surface area contributed by atoms with E-state index in [1.165, 1.54) is 6.07 Å². The quantitative estimate of drug-likeness (QED) is 0.781. The molecule has 0 heterocycles. The maximum atomic E-state index is 14.0. The third-order valence-electron chi connectivity index (χ3n) is 4.56. The Bertz CT molecular complexity index is 835. The van der Waals surface area contributed by atoms with E-state index in [0.717, 1.165) is 5.56 Å². The van der Waals surface area contributed by atoms with Crippen LogP contribution < -0.4 is 4.74 Å². The molecule has 5 nitrogen and oxygen atoms in total. The normalized spacial score (nSPS) is 18.0. The lowest BCUT2D eigenvalue weighted by molar-refractivity contribution is -0.139. The first-order chi connectivity index (χ1) is 12.9. The summed E-state index contributed by atoms with van der Waals surface area (Å²) < 4.78 is 19.1. The molecule has 0 radical (unpaired) electrons. The number of carboxylic acid groups (broad SMARTS) is 1. The van der Waals surface area contributed by atoms with E-state index in [0.29, 0.717) is 29.3 Å². The molecule has 1 N–H and O–H groups in total. The van der Waals surface area contributed by atoms with Gasteiger partial charge in [0.2, 0.25) is 5.91 Å². The predicted octanol–water partition coefficient (Wildman–Crippen LogP) is 3.70. The van der Waals surface area contributed by atoms with Crippen LogP contribution in [0.3, 0.4) is 0 Å². The van der Waals surface area contributed by atoms with Crippen molar-refractivity contribution >= 4 is 23.5 Å². The lowest BCUT2D eigenvalue weighted by atomic mass is 10.1. The average Bonchev–Trinajstić information content (AvgIpc) is 3.40. The second-order valence-corrected chi connectivity index (χ2v) is 7.01. The molecule has 2 aromatic carbocycles. The second-order valence-electron chi connectivity index (χ2n) is 6.60. The van der Waals surface area contributed by atoms with Gasteiger partial charge in [-0.1, -0.05) is 29.8 Å². The van der Waals surface area contributed by atoms with E-state index in [-0.39, 0.29) is 23.6 Å². The Labute approximate surface area is 161 Å². The zero-order valence-corrected chi connectivity index (χ0v) is 15.4. The molecule has 2 aromatic rings. The Morgan fingerprint density at radius 1 is 1.26 bits per heavy atom. The number of rotatable bonds is 7. The number of carbonyl (C=O) groups is 2. The first kappa shape index (κ1) is 19.2. The first-order valence-electron chi connectivity index (χ1n) is 8.49. The summed E-state index contributed by atoms with van der Waals surface area (Å²) in [4.78, 5) is 24.7. The summed E-state index contributed by atoms with van der Waals surface area (Å²) in [6.07, 6.45) is 0.589. The zero-order valence-electron chi connectivity index (χ0n) is 14.7. The summed E-state index contributed by atoms with van der Waals surface area (Å²) in [5.41, 5.74) is 1.31. The molecule has 2 atom stereocenters. The van der Waals surface area contributed by atoms with Gasteiger partial charge in [0.1, 0.15) is 11.6 Å². The van der Waals surface area contributed by atoms with Crippen LogP contribution in [0.25, 0.3) is 0 Å². The van der Waals surface area contributed by atoms with Gasteiger partial charge in [-0.3, -0.25) is 4.79 Å². The van der Waals surface area contributed by atoms with Gasteiger partial charge in [-0.15, -0.1) is 0 Å². The topological polar surface area (TPSA) is 66.8 Å². The van der Waals surface area contributed by atoms with Gasteiger partial charge in [-0.25, -0.2) is 9.18 Å². The van der Waals surface area contributed by atoms with E-state index in [1.807, 2.05) is 0 Å². The molecule has 0 unspecified atom stereocenters. The van der Waals surface area contributed by atoms with Gasteiger partial charge in [0.15, 0.2) is 6.61 Å². The number of halogens is 2. The van der Waals surface area contributed by atoms with Crippen molar-refractivity contribution in [3.8, 4) is 5.75 Å². The third kappa shape index (κ3) is 4.57. The van der Waals surface area contributed by atoms with Crippen LogP contribution in [0, 0.1) is 11.7 Å². The Hall–Kier alpha value is -2.60. The number of aliphatic carboxylic acids is 1. The first-order valence-corrected chi connectivity index (χ1v) is 8.87. The predicted molar refractivity (Wildman–Crippen MR) is 98.3 cm³/mol. The smallest absolute Gasteiger partial charge is 0.341 e. The Kier molecular flexibility index (Phi) is 5.65. The van der Waals surface area contributed by atoms with Gasteiger partial charge in [0, 0.05) is 36.0 Å². The molecule has 3 rings (SSSR count). The van der Waals surface area contributed by atoms with E-state index in [2.05, 4.69) is 0 Å². The number of carboxylic acids is 1. The second kappa shape index (κ2) is 7.96. The molecule has 0 bridgehead atoms. The fourth-order valence-corrected chi connectivity index (χ4v) is 3.43. The highest BCUT2D eigenvalue weighted by atomic mass is 35.5. The maximum absolute atomic E-state index is 14.0. The van der Waals surface area contributed by atoms with Crippen LogP contribution in [0.15, 0.2) is 42.5 Å². The number of hydrogen-bond donors (Lipinski definition) is 1. The number of ether oxygens (including phenoxy) is 1. The van der Waals surface area contributed by atoms with Gasteiger partial charge in [0.05, 0.1) is 0 Å². The monoisotopic (exact) mass is 391 g/mol. The number of amides is 1. The molecule has 27 heavy (non-hydrogen) atoms. The van der Waals surface area contributed by atoms with Gasteiger partial charge in [-0.2, -0.15) is 0 Å². The molecule has 1 aliphatic rings. The van der Waals surface area contributed by atoms with Crippen LogP contribution in [0.5, 0.6) is 5.75 Å². The Morgan fingerprint density at radius 3 is 2.59 bits per heavy atom. The van der Waals surface area contributed by atoms with Crippen molar-refractivity contribution in [3.63, 3.8) is 0 Å². The van der Waals surface area contributed by atoms with Crippen molar-refractivity contribution in [2.75, 3.05) is 13.7 Å². The molecule has 1 saturated carbocycles. The van der Waals surface area contributed by atoms with E-state index >= 15 is 0 Å². The van der Waals surface area contributed by atoms with E-state index in [4.69, 9.17) is 21.4 Å². The molecular formula is C20H19ClFNO4. The molecule has 1 aliphatic carbocycles.